The van der Waals surface area contributed by atoms with Gasteiger partial charge in [-0.3, -0.25) is 9.69 Å². The first-order chi connectivity index (χ1) is 17.7. The summed E-state index contributed by atoms with van der Waals surface area (Å²) in [4.78, 5) is 20.5. The zero-order valence-corrected chi connectivity index (χ0v) is 21.7. The molecule has 8 heteroatoms. The fourth-order valence-corrected chi connectivity index (χ4v) is 6.67. The number of likely N-dealkylation sites (tertiary alicyclic amines) is 1. The summed E-state index contributed by atoms with van der Waals surface area (Å²) in [5.41, 5.74) is 1.34. The zero-order valence-electron chi connectivity index (χ0n) is 21.7. The minimum atomic E-state index is -0.614. The topological polar surface area (TPSA) is 36.0 Å². The maximum absolute atomic E-state index is 15.0. The summed E-state index contributed by atoms with van der Waals surface area (Å²) in [6, 6.07) is 10.5. The second-order valence-electron chi connectivity index (χ2n) is 11.0. The molecule has 3 fully saturated rings. The lowest BCUT2D eigenvalue weighted by Gasteiger charge is -2.46. The molecule has 2 aromatic carbocycles. The number of hydrogen-bond acceptors (Lipinski definition) is 4. The predicted molar refractivity (Wildman–Crippen MR) is 137 cm³/mol. The normalized spacial score (nSPS) is 31.1. The molecule has 3 saturated heterocycles. The molecule has 200 valence electrons. The van der Waals surface area contributed by atoms with Gasteiger partial charge < -0.3 is 14.5 Å². The monoisotopic (exact) mass is 515 g/mol. The van der Waals surface area contributed by atoms with Crippen LogP contribution in [0.1, 0.15) is 45.1 Å². The van der Waals surface area contributed by atoms with Gasteiger partial charge >= 0.3 is 0 Å². The van der Waals surface area contributed by atoms with Gasteiger partial charge in [0.2, 0.25) is 5.91 Å². The summed E-state index contributed by atoms with van der Waals surface area (Å²) in [6.45, 7) is 9.06. The fraction of sp³-hybridized carbons (Fsp3) is 0.552. The van der Waals surface area contributed by atoms with E-state index in [0.717, 1.165) is 24.6 Å². The molecule has 5 rings (SSSR count). The van der Waals surface area contributed by atoms with Crippen LogP contribution in [0, 0.1) is 23.4 Å². The van der Waals surface area contributed by atoms with Crippen LogP contribution in [0.25, 0.3) is 0 Å². The molecule has 3 aliphatic heterocycles. The molecule has 0 aliphatic carbocycles. The number of carbonyl (C=O) groups is 1. The maximum atomic E-state index is 15.0. The molecule has 6 atom stereocenters. The molecular weight excluding hydrogens is 479 g/mol. The lowest BCUT2D eigenvalue weighted by atomic mass is 9.87. The number of piperazine rings is 1. The summed E-state index contributed by atoms with van der Waals surface area (Å²) < 4.78 is 47.9. The number of halogens is 3. The number of anilines is 1. The van der Waals surface area contributed by atoms with Crippen molar-refractivity contribution >= 4 is 11.6 Å². The molecule has 2 aromatic rings. The quantitative estimate of drug-likeness (QED) is 0.586. The van der Waals surface area contributed by atoms with Crippen molar-refractivity contribution < 1.29 is 22.7 Å². The van der Waals surface area contributed by atoms with Crippen LogP contribution < -0.4 is 4.90 Å². The van der Waals surface area contributed by atoms with Gasteiger partial charge in [0.25, 0.3) is 0 Å². The molecule has 0 bridgehead atoms. The van der Waals surface area contributed by atoms with E-state index in [2.05, 4.69) is 30.6 Å². The molecule has 3 aliphatic rings. The zero-order chi connectivity index (χ0) is 26.3. The van der Waals surface area contributed by atoms with Crippen LogP contribution in [-0.2, 0) is 9.53 Å². The molecule has 3 heterocycles. The Balaban J connectivity index is 1.37. The van der Waals surface area contributed by atoms with Crippen molar-refractivity contribution in [3.8, 4) is 0 Å². The summed E-state index contributed by atoms with van der Waals surface area (Å²) in [5, 5.41) is 0. The second-order valence-corrected chi connectivity index (χ2v) is 11.0. The van der Waals surface area contributed by atoms with Crippen molar-refractivity contribution in [2.75, 3.05) is 37.7 Å². The van der Waals surface area contributed by atoms with Gasteiger partial charge in [-0.05, 0) is 69.5 Å². The molecule has 0 saturated carbocycles. The lowest BCUT2D eigenvalue weighted by Crippen LogP contribution is -2.59. The number of hydrogen-bond donors (Lipinski definition) is 0. The first kappa shape index (κ1) is 26.0. The van der Waals surface area contributed by atoms with Crippen molar-refractivity contribution in [1.82, 2.24) is 9.80 Å². The highest BCUT2D eigenvalue weighted by molar-refractivity contribution is 5.81. The van der Waals surface area contributed by atoms with Gasteiger partial charge in [-0.25, -0.2) is 13.2 Å². The van der Waals surface area contributed by atoms with Gasteiger partial charge in [0.1, 0.15) is 17.5 Å². The van der Waals surface area contributed by atoms with Crippen LogP contribution in [0.5, 0.6) is 0 Å². The average molecular weight is 516 g/mol. The summed E-state index contributed by atoms with van der Waals surface area (Å²) in [7, 11) is 0. The lowest BCUT2D eigenvalue weighted by molar-refractivity contribution is -0.137. The van der Waals surface area contributed by atoms with Gasteiger partial charge in [-0.2, -0.15) is 0 Å². The van der Waals surface area contributed by atoms with E-state index in [-0.39, 0.29) is 41.9 Å². The van der Waals surface area contributed by atoms with Gasteiger partial charge in [-0.15, -0.1) is 0 Å². The van der Waals surface area contributed by atoms with Crippen LogP contribution >= 0.6 is 0 Å². The molecule has 0 spiro atoms. The Bertz CT molecular complexity index is 1100. The van der Waals surface area contributed by atoms with Crippen molar-refractivity contribution in [1.29, 1.82) is 0 Å². The van der Waals surface area contributed by atoms with Crippen LogP contribution in [0.3, 0.4) is 0 Å². The van der Waals surface area contributed by atoms with E-state index in [1.165, 1.54) is 24.3 Å². The third-order valence-electron chi connectivity index (χ3n) is 8.36. The summed E-state index contributed by atoms with van der Waals surface area (Å²) >= 11 is 0. The largest absolute Gasteiger partial charge is 0.378 e. The number of rotatable bonds is 4. The molecule has 4 unspecified atom stereocenters. The third kappa shape index (κ3) is 5.36. The van der Waals surface area contributed by atoms with Gasteiger partial charge in [0.05, 0.1) is 12.0 Å². The van der Waals surface area contributed by atoms with Crippen LogP contribution in [0.15, 0.2) is 42.5 Å². The average Bonchev–Trinajstić information content (AvgIpc) is 3.29. The third-order valence-corrected chi connectivity index (χ3v) is 8.36. The molecule has 0 N–H and O–H groups in total. The Kier molecular flexibility index (Phi) is 7.50. The molecular formula is C29H36F3N3O2. The van der Waals surface area contributed by atoms with Crippen molar-refractivity contribution in [2.24, 2.45) is 5.92 Å². The Morgan fingerprint density at radius 3 is 2.22 bits per heavy atom. The van der Waals surface area contributed by atoms with Gasteiger partial charge in [0, 0.05) is 68.6 Å². The molecule has 0 radical (unpaired) electrons. The Hall–Kier alpha value is -2.58. The Labute approximate surface area is 217 Å². The van der Waals surface area contributed by atoms with E-state index in [1.54, 1.807) is 12.1 Å². The first-order valence-electron chi connectivity index (χ1n) is 13.3. The smallest absolute Gasteiger partial charge is 0.227 e. The van der Waals surface area contributed by atoms with Crippen molar-refractivity contribution in [2.45, 2.75) is 63.8 Å². The van der Waals surface area contributed by atoms with E-state index in [0.29, 0.717) is 38.3 Å². The SMILES string of the molecule is CC1CC(N2CC(C(=O)N3C[C@@H](C)N(c4ccc(F)cc4)[C@@H](C)C3)C(c3ccc(F)cc3F)C2)CCO1. The first-order valence-corrected chi connectivity index (χ1v) is 13.3. The number of ether oxygens (including phenoxy) is 1. The van der Waals surface area contributed by atoms with Gasteiger partial charge in [0.15, 0.2) is 0 Å². The fourth-order valence-electron chi connectivity index (χ4n) is 6.67. The van der Waals surface area contributed by atoms with E-state index >= 15 is 0 Å². The molecule has 0 aromatic heterocycles. The molecule has 37 heavy (non-hydrogen) atoms. The predicted octanol–water partition coefficient (Wildman–Crippen LogP) is 4.81. The Morgan fingerprint density at radius 1 is 0.892 bits per heavy atom. The number of carbonyl (C=O) groups excluding carboxylic acids is 1. The van der Waals surface area contributed by atoms with Crippen molar-refractivity contribution in [3.05, 3.63) is 65.5 Å². The van der Waals surface area contributed by atoms with Crippen LogP contribution in [0.4, 0.5) is 18.9 Å². The maximum Gasteiger partial charge on any atom is 0.227 e. The standard InChI is InChI=1S/C29H36F3N3O2/c1-18-14-34(15-19(2)35(18)23-7-4-21(30)5-8-23)29(36)27-17-33(24-10-11-37-20(3)12-24)16-26(27)25-9-6-22(31)13-28(25)32/h4-9,13,18-20,24,26-27H,10-12,14-17H2,1-3H3/t18-,19+,20?,24?,26?,27?. The molecule has 5 nitrogen and oxygen atoms in total. The number of benzene rings is 2. The highest BCUT2D eigenvalue weighted by Gasteiger charge is 2.45. The van der Waals surface area contributed by atoms with E-state index in [1.807, 2.05) is 4.90 Å². The second kappa shape index (κ2) is 10.7. The van der Waals surface area contributed by atoms with E-state index in [9.17, 15) is 18.0 Å². The Morgan fingerprint density at radius 2 is 1.57 bits per heavy atom. The minimum absolute atomic E-state index is 0.0220. The summed E-state index contributed by atoms with van der Waals surface area (Å²) in [6.07, 6.45) is 1.91. The van der Waals surface area contributed by atoms with E-state index < -0.39 is 17.6 Å². The van der Waals surface area contributed by atoms with Gasteiger partial charge in [-0.1, -0.05) is 6.07 Å². The van der Waals surface area contributed by atoms with E-state index in [4.69, 9.17) is 4.74 Å². The number of nitrogens with zero attached hydrogens (tertiary/aromatic N) is 3. The van der Waals surface area contributed by atoms with Crippen molar-refractivity contribution in [3.63, 3.8) is 0 Å². The molecule has 1 amide bonds. The summed E-state index contributed by atoms with van der Waals surface area (Å²) in [5.74, 6) is -2.21. The highest BCUT2D eigenvalue weighted by atomic mass is 19.1. The minimum Gasteiger partial charge on any atom is -0.378 e. The van der Waals surface area contributed by atoms with Crippen LogP contribution in [0.2, 0.25) is 0 Å². The highest BCUT2D eigenvalue weighted by Crippen LogP contribution is 2.39. The van der Waals surface area contributed by atoms with Crippen LogP contribution in [-0.4, -0.2) is 72.7 Å². The number of amides is 1.